The van der Waals surface area contributed by atoms with Crippen molar-refractivity contribution in [3.63, 3.8) is 0 Å². The first kappa shape index (κ1) is 22.3. The minimum Gasteiger partial charge on any atom is -0.339 e. The van der Waals surface area contributed by atoms with Crippen LogP contribution in [0.4, 0.5) is 8.78 Å². The van der Waals surface area contributed by atoms with E-state index in [0.29, 0.717) is 49.1 Å². The molecule has 0 unspecified atom stereocenters. The number of nitrogens with zero attached hydrogens (tertiary/aromatic N) is 4. The predicted octanol–water partition coefficient (Wildman–Crippen LogP) is 4.86. The number of hydrogen-bond donors (Lipinski definition) is 0. The third kappa shape index (κ3) is 4.23. The number of halogens is 2. The number of fused-ring (bicyclic) bond motifs is 1. The molecule has 0 aliphatic carbocycles. The van der Waals surface area contributed by atoms with E-state index >= 15 is 0 Å². The third-order valence-corrected chi connectivity index (χ3v) is 7.06. The topological polar surface area (TPSA) is 68.1 Å². The highest BCUT2D eigenvalue weighted by Gasteiger charge is 2.31. The molecule has 4 heterocycles. The van der Waals surface area contributed by atoms with Crippen molar-refractivity contribution < 1.29 is 18.4 Å². The van der Waals surface area contributed by atoms with Gasteiger partial charge in [-0.25, -0.2) is 18.4 Å². The number of carbonyl (C=O) groups is 2. The van der Waals surface area contributed by atoms with E-state index in [1.807, 2.05) is 24.4 Å². The lowest BCUT2D eigenvalue weighted by atomic mass is 9.88. The van der Waals surface area contributed by atoms with Crippen molar-refractivity contribution in [2.75, 3.05) is 13.1 Å². The van der Waals surface area contributed by atoms with Gasteiger partial charge in [-0.2, -0.15) is 5.10 Å². The number of carbonyl (C=O) groups excluding carboxylic acids is 2. The minimum absolute atomic E-state index is 0.144. The number of likely N-dealkylation sites (tertiary alicyclic amines) is 1. The summed E-state index contributed by atoms with van der Waals surface area (Å²) in [5.41, 5.74) is 1.68. The average molecular weight is 481 g/mol. The number of amides is 1. The van der Waals surface area contributed by atoms with Crippen LogP contribution in [0, 0.1) is 24.5 Å². The highest BCUT2D eigenvalue weighted by molar-refractivity contribution is 7.09. The summed E-state index contributed by atoms with van der Waals surface area (Å²) in [6, 6.07) is 8.68. The van der Waals surface area contributed by atoms with Crippen LogP contribution in [-0.4, -0.2) is 44.4 Å². The van der Waals surface area contributed by atoms with Crippen molar-refractivity contribution in [2.24, 2.45) is 5.92 Å². The average Bonchev–Trinajstić information content (AvgIpc) is 3.50. The molecule has 6 nitrogen and oxygen atoms in total. The van der Waals surface area contributed by atoms with Gasteiger partial charge in [0, 0.05) is 29.6 Å². The summed E-state index contributed by atoms with van der Waals surface area (Å²) in [5, 5.41) is 7.16. The molecule has 1 fully saturated rings. The Hall–Kier alpha value is -3.46. The Balaban J connectivity index is 1.33. The molecule has 1 aromatic carbocycles. The minimum atomic E-state index is -0.723. The number of rotatable bonds is 5. The number of Topliss-reactive ketones (excluding diaryl/α,β-unsaturated/α-hetero) is 1. The quantitative estimate of drug-likeness (QED) is 0.383. The number of aryl methyl sites for hydroxylation is 1. The Kier molecular flexibility index (Phi) is 5.95. The molecular formula is C25H22F2N4O2S. The lowest BCUT2D eigenvalue weighted by Gasteiger charge is -2.31. The summed E-state index contributed by atoms with van der Waals surface area (Å²) >= 11 is 1.63. The molecule has 34 heavy (non-hydrogen) atoms. The van der Waals surface area contributed by atoms with Crippen LogP contribution in [0.5, 0.6) is 0 Å². The van der Waals surface area contributed by atoms with Gasteiger partial charge in [-0.05, 0) is 55.5 Å². The van der Waals surface area contributed by atoms with Gasteiger partial charge in [0.05, 0.1) is 29.3 Å². The smallest absolute Gasteiger partial charge is 0.254 e. The second kappa shape index (κ2) is 9.06. The second-order valence-corrected chi connectivity index (χ2v) is 9.52. The van der Waals surface area contributed by atoms with Gasteiger partial charge in [-0.15, -0.1) is 11.3 Å². The van der Waals surface area contributed by atoms with Crippen LogP contribution in [0.3, 0.4) is 0 Å². The highest BCUT2D eigenvalue weighted by atomic mass is 32.1. The monoisotopic (exact) mass is 480 g/mol. The van der Waals surface area contributed by atoms with Crippen LogP contribution in [0.1, 0.15) is 44.1 Å². The standard InChI is InChI=1S/C25H22F2N4O2S/c1-15-11-19(21-13-28-31(24(21)29-15)14-18-3-2-10-34-18)25(33)30-8-6-16(7-9-30)23(32)20-12-17(26)4-5-22(20)27/h2-5,10-13,16H,6-9,14H2,1H3. The van der Waals surface area contributed by atoms with Gasteiger partial charge in [0.25, 0.3) is 5.91 Å². The van der Waals surface area contributed by atoms with Crippen molar-refractivity contribution in [3.8, 4) is 0 Å². The van der Waals surface area contributed by atoms with Crippen LogP contribution in [0.25, 0.3) is 11.0 Å². The van der Waals surface area contributed by atoms with E-state index in [2.05, 4.69) is 10.1 Å². The second-order valence-electron chi connectivity index (χ2n) is 8.48. The van der Waals surface area contributed by atoms with Crippen LogP contribution in [-0.2, 0) is 6.54 Å². The third-order valence-electron chi connectivity index (χ3n) is 6.20. The van der Waals surface area contributed by atoms with Crippen molar-refractivity contribution in [1.82, 2.24) is 19.7 Å². The normalized spacial score (nSPS) is 14.6. The number of thiophene rings is 1. The van der Waals surface area contributed by atoms with E-state index in [1.54, 1.807) is 33.2 Å². The molecule has 1 aliphatic heterocycles. The van der Waals surface area contributed by atoms with Gasteiger partial charge in [0.15, 0.2) is 11.4 Å². The number of benzene rings is 1. The molecule has 0 N–H and O–H groups in total. The largest absolute Gasteiger partial charge is 0.339 e. The molecule has 0 bridgehead atoms. The van der Waals surface area contributed by atoms with Crippen LogP contribution in [0.15, 0.2) is 48.0 Å². The molecule has 1 amide bonds. The van der Waals surface area contributed by atoms with Crippen molar-refractivity contribution in [1.29, 1.82) is 0 Å². The van der Waals surface area contributed by atoms with Gasteiger partial charge in [0.2, 0.25) is 0 Å². The summed E-state index contributed by atoms with van der Waals surface area (Å²) in [4.78, 5) is 33.6. The summed E-state index contributed by atoms with van der Waals surface area (Å²) < 4.78 is 29.4. The van der Waals surface area contributed by atoms with Gasteiger partial charge in [0.1, 0.15) is 11.6 Å². The Morgan fingerprint density at radius 2 is 1.91 bits per heavy atom. The van der Waals surface area contributed by atoms with Crippen LogP contribution in [0.2, 0.25) is 0 Å². The first-order valence-corrected chi connectivity index (χ1v) is 11.9. The van der Waals surface area contributed by atoms with Gasteiger partial charge in [-0.3, -0.25) is 9.59 Å². The van der Waals surface area contributed by atoms with E-state index in [1.165, 1.54) is 0 Å². The molecule has 5 rings (SSSR count). The molecular weight excluding hydrogens is 458 g/mol. The van der Waals surface area contributed by atoms with Crippen molar-refractivity contribution in [3.05, 3.63) is 81.3 Å². The van der Waals surface area contributed by atoms with Crippen LogP contribution >= 0.6 is 11.3 Å². The van der Waals surface area contributed by atoms with E-state index in [4.69, 9.17) is 0 Å². The number of hydrogen-bond acceptors (Lipinski definition) is 5. The lowest BCUT2D eigenvalue weighted by Crippen LogP contribution is -2.40. The fourth-order valence-corrected chi connectivity index (χ4v) is 5.12. The molecule has 1 aliphatic rings. The van der Waals surface area contributed by atoms with Gasteiger partial charge >= 0.3 is 0 Å². The maximum absolute atomic E-state index is 14.0. The zero-order valence-corrected chi connectivity index (χ0v) is 19.3. The Morgan fingerprint density at radius 3 is 2.65 bits per heavy atom. The first-order valence-electron chi connectivity index (χ1n) is 11.0. The Labute approximate surface area is 198 Å². The van der Waals surface area contributed by atoms with Crippen molar-refractivity contribution in [2.45, 2.75) is 26.3 Å². The number of ketones is 1. The highest BCUT2D eigenvalue weighted by Crippen LogP contribution is 2.27. The zero-order chi connectivity index (χ0) is 23.8. The molecule has 0 radical (unpaired) electrons. The van der Waals surface area contributed by atoms with E-state index < -0.39 is 23.3 Å². The molecule has 4 aromatic rings. The molecule has 3 aromatic heterocycles. The number of piperidine rings is 1. The zero-order valence-electron chi connectivity index (χ0n) is 18.5. The fraction of sp³-hybridized carbons (Fsp3) is 0.280. The van der Waals surface area contributed by atoms with E-state index in [0.717, 1.165) is 28.8 Å². The predicted molar refractivity (Wildman–Crippen MR) is 125 cm³/mol. The van der Waals surface area contributed by atoms with E-state index in [9.17, 15) is 18.4 Å². The lowest BCUT2D eigenvalue weighted by molar-refractivity contribution is 0.0650. The SMILES string of the molecule is Cc1cc(C(=O)N2CCC(C(=O)c3cc(F)ccc3F)CC2)c2cnn(Cc3cccs3)c2n1. The van der Waals surface area contributed by atoms with Crippen molar-refractivity contribution >= 4 is 34.1 Å². The Bertz CT molecular complexity index is 1380. The fourth-order valence-electron chi connectivity index (χ4n) is 4.44. The summed E-state index contributed by atoms with van der Waals surface area (Å²) in [6.45, 7) is 3.14. The molecule has 174 valence electrons. The maximum atomic E-state index is 14.0. The summed E-state index contributed by atoms with van der Waals surface area (Å²) in [7, 11) is 0. The summed E-state index contributed by atoms with van der Waals surface area (Å²) in [5.74, 6) is -2.38. The molecule has 0 spiro atoms. The summed E-state index contributed by atoms with van der Waals surface area (Å²) in [6.07, 6.45) is 2.46. The molecule has 9 heteroatoms. The first-order chi connectivity index (χ1) is 16.4. The maximum Gasteiger partial charge on any atom is 0.254 e. The number of aromatic nitrogens is 3. The number of pyridine rings is 1. The Morgan fingerprint density at radius 1 is 1.12 bits per heavy atom. The van der Waals surface area contributed by atoms with Gasteiger partial charge in [-0.1, -0.05) is 6.07 Å². The molecule has 0 saturated carbocycles. The molecule has 0 atom stereocenters. The van der Waals surface area contributed by atoms with Crippen LogP contribution < -0.4 is 0 Å². The molecule has 1 saturated heterocycles. The van der Waals surface area contributed by atoms with Gasteiger partial charge < -0.3 is 4.90 Å². The van der Waals surface area contributed by atoms with E-state index in [-0.39, 0.29) is 11.5 Å².